The second-order valence-electron chi connectivity index (χ2n) is 7.18. The number of hydrogen-bond acceptors (Lipinski definition) is 4. The first-order valence-electron chi connectivity index (χ1n) is 8.88. The van der Waals surface area contributed by atoms with Crippen LogP contribution in [-0.4, -0.2) is 64.7 Å². The predicted octanol–water partition coefficient (Wildman–Crippen LogP) is 1.29. The zero-order valence-corrected chi connectivity index (χ0v) is 13.7. The number of fused-ring (bicyclic) bond motifs is 1. The summed E-state index contributed by atoms with van der Waals surface area (Å²) in [6.07, 6.45) is 8.75. The fourth-order valence-electron chi connectivity index (χ4n) is 3.63. The van der Waals surface area contributed by atoms with Gasteiger partial charge in [-0.3, -0.25) is 9.69 Å². The SMILES string of the molecule is O=C(CN1Cc2cncn2[C@@H](COCC2CC2)C1)N1CCCC1. The molecule has 0 N–H and O–H groups in total. The van der Waals surface area contributed by atoms with E-state index in [1.807, 2.05) is 17.4 Å². The molecule has 1 aromatic heterocycles. The number of imidazole rings is 1. The number of hydrogen-bond donors (Lipinski definition) is 0. The van der Waals surface area contributed by atoms with Crippen LogP contribution >= 0.6 is 0 Å². The van der Waals surface area contributed by atoms with Crippen molar-refractivity contribution in [2.75, 3.05) is 39.4 Å². The lowest BCUT2D eigenvalue weighted by atomic mass is 10.2. The minimum absolute atomic E-state index is 0.270. The summed E-state index contributed by atoms with van der Waals surface area (Å²) in [5, 5.41) is 0. The molecule has 0 unspecified atom stereocenters. The summed E-state index contributed by atoms with van der Waals surface area (Å²) >= 11 is 0. The average Bonchev–Trinajstić information content (AvgIpc) is 3.04. The van der Waals surface area contributed by atoms with Crippen molar-refractivity contribution in [1.29, 1.82) is 0 Å². The molecule has 0 aromatic carbocycles. The summed E-state index contributed by atoms with van der Waals surface area (Å²) in [6, 6.07) is 0.270. The molecule has 6 heteroatoms. The Hall–Kier alpha value is -1.40. The zero-order chi connectivity index (χ0) is 15.6. The van der Waals surface area contributed by atoms with Crippen molar-refractivity contribution in [3.8, 4) is 0 Å². The van der Waals surface area contributed by atoms with Crippen molar-refractivity contribution in [2.24, 2.45) is 5.92 Å². The minimum atomic E-state index is 0.270. The molecule has 3 aliphatic rings. The van der Waals surface area contributed by atoms with Crippen LogP contribution in [0.15, 0.2) is 12.5 Å². The molecule has 6 nitrogen and oxygen atoms in total. The normalized spacial score (nSPS) is 24.9. The number of carbonyl (C=O) groups excluding carboxylic acids is 1. The molecule has 2 fully saturated rings. The summed E-state index contributed by atoms with van der Waals surface area (Å²) in [5.41, 5.74) is 1.19. The van der Waals surface area contributed by atoms with Gasteiger partial charge in [0, 0.05) is 39.0 Å². The van der Waals surface area contributed by atoms with Gasteiger partial charge in [-0.15, -0.1) is 0 Å². The Labute approximate surface area is 137 Å². The molecule has 1 saturated carbocycles. The Morgan fingerprint density at radius 1 is 1.26 bits per heavy atom. The number of likely N-dealkylation sites (tertiary alicyclic amines) is 1. The summed E-state index contributed by atoms with van der Waals surface area (Å²) in [7, 11) is 0. The Balaban J connectivity index is 1.36. The highest BCUT2D eigenvalue weighted by molar-refractivity contribution is 5.78. The van der Waals surface area contributed by atoms with Crippen LogP contribution in [0.3, 0.4) is 0 Å². The fraction of sp³-hybridized carbons (Fsp3) is 0.765. The van der Waals surface area contributed by atoms with Crippen molar-refractivity contribution < 1.29 is 9.53 Å². The van der Waals surface area contributed by atoms with Crippen LogP contribution in [0.4, 0.5) is 0 Å². The van der Waals surface area contributed by atoms with Crippen LogP contribution in [0, 0.1) is 5.92 Å². The molecular formula is C17H26N4O2. The minimum Gasteiger partial charge on any atom is -0.379 e. The van der Waals surface area contributed by atoms with Crippen LogP contribution in [0.2, 0.25) is 0 Å². The topological polar surface area (TPSA) is 50.6 Å². The molecule has 0 bridgehead atoms. The van der Waals surface area contributed by atoms with E-state index in [1.165, 1.54) is 18.5 Å². The van der Waals surface area contributed by atoms with Gasteiger partial charge in [-0.2, -0.15) is 0 Å². The predicted molar refractivity (Wildman–Crippen MR) is 85.9 cm³/mol. The summed E-state index contributed by atoms with van der Waals surface area (Å²) in [6.45, 7) is 5.65. The van der Waals surface area contributed by atoms with Gasteiger partial charge in [-0.1, -0.05) is 0 Å². The molecule has 1 aliphatic carbocycles. The van der Waals surface area contributed by atoms with Gasteiger partial charge in [0.1, 0.15) is 0 Å². The number of rotatable bonds is 6. The highest BCUT2D eigenvalue weighted by Crippen LogP contribution is 2.29. The summed E-state index contributed by atoms with van der Waals surface area (Å²) in [5.74, 6) is 1.06. The van der Waals surface area contributed by atoms with E-state index in [0.29, 0.717) is 13.2 Å². The van der Waals surface area contributed by atoms with E-state index in [2.05, 4.69) is 14.5 Å². The number of aromatic nitrogens is 2. The second kappa shape index (κ2) is 6.61. The van der Waals surface area contributed by atoms with Crippen molar-refractivity contribution in [1.82, 2.24) is 19.4 Å². The molecule has 4 rings (SSSR count). The van der Waals surface area contributed by atoms with Crippen LogP contribution in [0.5, 0.6) is 0 Å². The van der Waals surface area contributed by atoms with Gasteiger partial charge in [-0.25, -0.2) is 4.98 Å². The van der Waals surface area contributed by atoms with E-state index in [4.69, 9.17) is 4.74 Å². The molecule has 126 valence electrons. The van der Waals surface area contributed by atoms with Crippen molar-refractivity contribution >= 4 is 5.91 Å². The smallest absolute Gasteiger partial charge is 0.236 e. The van der Waals surface area contributed by atoms with Gasteiger partial charge in [-0.05, 0) is 31.6 Å². The van der Waals surface area contributed by atoms with E-state index in [0.717, 1.165) is 51.5 Å². The van der Waals surface area contributed by atoms with Gasteiger partial charge < -0.3 is 14.2 Å². The lowest BCUT2D eigenvalue weighted by Gasteiger charge is -2.34. The Kier molecular flexibility index (Phi) is 4.35. The third kappa shape index (κ3) is 3.58. The number of amides is 1. The third-order valence-electron chi connectivity index (χ3n) is 5.17. The molecule has 2 aliphatic heterocycles. The maximum absolute atomic E-state index is 12.4. The molecule has 1 aromatic rings. The highest BCUT2D eigenvalue weighted by atomic mass is 16.5. The average molecular weight is 318 g/mol. The number of carbonyl (C=O) groups is 1. The van der Waals surface area contributed by atoms with E-state index >= 15 is 0 Å². The Bertz CT molecular complexity index is 549. The maximum atomic E-state index is 12.4. The van der Waals surface area contributed by atoms with E-state index in [9.17, 15) is 4.79 Å². The maximum Gasteiger partial charge on any atom is 0.236 e. The zero-order valence-electron chi connectivity index (χ0n) is 13.7. The first-order chi connectivity index (χ1) is 11.3. The number of ether oxygens (including phenoxy) is 1. The lowest BCUT2D eigenvalue weighted by molar-refractivity contribution is -0.131. The quantitative estimate of drug-likeness (QED) is 0.793. The molecule has 23 heavy (non-hydrogen) atoms. The molecule has 0 radical (unpaired) electrons. The monoisotopic (exact) mass is 318 g/mol. The highest BCUT2D eigenvalue weighted by Gasteiger charge is 2.29. The molecule has 3 heterocycles. The first-order valence-corrected chi connectivity index (χ1v) is 8.88. The Morgan fingerprint density at radius 3 is 2.87 bits per heavy atom. The largest absolute Gasteiger partial charge is 0.379 e. The standard InChI is InChI=1S/C17H26N4O2/c22-17(20-5-1-2-6-20)10-19-8-15-7-18-13-21(15)16(9-19)12-23-11-14-3-4-14/h7,13-14,16H,1-6,8-12H2/t16-/m1/s1. The van der Waals surface area contributed by atoms with E-state index < -0.39 is 0 Å². The molecular weight excluding hydrogens is 292 g/mol. The Morgan fingerprint density at radius 2 is 2.09 bits per heavy atom. The van der Waals surface area contributed by atoms with Crippen molar-refractivity contribution in [3.05, 3.63) is 18.2 Å². The summed E-state index contributed by atoms with van der Waals surface area (Å²) < 4.78 is 8.13. The molecule has 1 saturated heterocycles. The first kappa shape index (κ1) is 15.1. The number of nitrogens with zero attached hydrogens (tertiary/aromatic N) is 4. The van der Waals surface area contributed by atoms with Crippen molar-refractivity contribution in [3.63, 3.8) is 0 Å². The van der Waals surface area contributed by atoms with E-state index in [-0.39, 0.29) is 11.9 Å². The third-order valence-corrected chi connectivity index (χ3v) is 5.17. The lowest BCUT2D eigenvalue weighted by Crippen LogP contribution is -2.44. The van der Waals surface area contributed by atoms with E-state index in [1.54, 1.807) is 0 Å². The molecule has 1 amide bonds. The van der Waals surface area contributed by atoms with Gasteiger partial charge in [0.2, 0.25) is 5.91 Å². The second-order valence-corrected chi connectivity index (χ2v) is 7.18. The van der Waals surface area contributed by atoms with Crippen LogP contribution < -0.4 is 0 Å². The molecule has 1 atom stereocenters. The fourth-order valence-corrected chi connectivity index (χ4v) is 3.63. The van der Waals surface area contributed by atoms with Gasteiger partial charge >= 0.3 is 0 Å². The van der Waals surface area contributed by atoms with Crippen molar-refractivity contribution in [2.45, 2.75) is 38.3 Å². The molecule has 0 spiro atoms. The van der Waals surface area contributed by atoms with Crippen LogP contribution in [0.25, 0.3) is 0 Å². The van der Waals surface area contributed by atoms with Crippen LogP contribution in [0.1, 0.15) is 37.4 Å². The van der Waals surface area contributed by atoms with Crippen LogP contribution in [-0.2, 0) is 16.1 Å². The summed E-state index contributed by atoms with van der Waals surface area (Å²) in [4.78, 5) is 21.0. The van der Waals surface area contributed by atoms with Gasteiger partial charge in [0.05, 0.1) is 31.2 Å². The van der Waals surface area contributed by atoms with Gasteiger partial charge in [0.25, 0.3) is 0 Å². The van der Waals surface area contributed by atoms with Gasteiger partial charge in [0.15, 0.2) is 0 Å².